The Morgan fingerprint density at radius 3 is 1.31 bits per heavy atom. The first-order valence-electron chi connectivity index (χ1n) is 11.2. The van der Waals surface area contributed by atoms with Crippen molar-refractivity contribution in [2.24, 2.45) is 0 Å². The minimum absolute atomic E-state index is 0.125. The molecule has 0 atom stereocenters. The van der Waals surface area contributed by atoms with Crippen molar-refractivity contribution in [3.8, 4) is 0 Å². The number of aryl methyl sites for hydroxylation is 6. The molecule has 2 aromatic rings. The third-order valence-corrected chi connectivity index (χ3v) is 8.61. The Hall–Kier alpha value is -2.64. The van der Waals surface area contributed by atoms with Gasteiger partial charge in [-0.15, -0.1) is 0 Å². The van der Waals surface area contributed by atoms with Crippen LogP contribution < -0.4 is 5.32 Å². The van der Waals surface area contributed by atoms with Crippen LogP contribution >= 0.6 is 7.14 Å². The highest BCUT2D eigenvalue weighted by Gasteiger charge is 2.45. The summed E-state index contributed by atoms with van der Waals surface area (Å²) in [5.74, 6) is -1.00. The van der Waals surface area contributed by atoms with E-state index in [1.165, 1.54) is 0 Å². The Morgan fingerprint density at radius 1 is 0.714 bits per heavy atom. The number of carbonyl (C=O) groups is 3. The maximum Gasteiger partial charge on any atom is 0.230 e. The number of aliphatic hydroxyl groups is 3. The molecule has 8 nitrogen and oxygen atoms in total. The maximum atomic E-state index is 14.4. The second kappa shape index (κ2) is 11.0. The Labute approximate surface area is 205 Å². The van der Waals surface area contributed by atoms with Gasteiger partial charge in [-0.25, -0.2) is 0 Å². The highest BCUT2D eigenvalue weighted by molar-refractivity contribution is 7.96. The topological polar surface area (TPSA) is 141 Å². The molecule has 1 amide bonds. The van der Waals surface area contributed by atoms with Crippen molar-refractivity contribution in [1.29, 1.82) is 0 Å². The lowest BCUT2D eigenvalue weighted by molar-refractivity contribution is -0.122. The van der Waals surface area contributed by atoms with E-state index in [-0.39, 0.29) is 11.1 Å². The Bertz CT molecular complexity index is 1090. The fourth-order valence-corrected chi connectivity index (χ4v) is 6.82. The molecule has 0 bridgehead atoms. The molecule has 4 N–H and O–H groups in total. The van der Waals surface area contributed by atoms with Crippen LogP contribution in [0.3, 0.4) is 0 Å². The minimum atomic E-state index is -4.59. The van der Waals surface area contributed by atoms with Crippen LogP contribution in [0.2, 0.25) is 0 Å². The van der Waals surface area contributed by atoms with Gasteiger partial charge in [0.1, 0.15) is 5.54 Å². The second-order valence-corrected chi connectivity index (χ2v) is 12.0. The fourth-order valence-electron chi connectivity index (χ4n) is 4.44. The number of carbonyl (C=O) groups excluding carboxylic acids is 3. The van der Waals surface area contributed by atoms with Crippen LogP contribution in [-0.2, 0) is 9.36 Å². The van der Waals surface area contributed by atoms with Crippen molar-refractivity contribution >= 4 is 24.1 Å². The lowest BCUT2D eigenvalue weighted by Crippen LogP contribution is -2.57. The number of amides is 1. The predicted molar refractivity (Wildman–Crippen MR) is 135 cm³/mol. The van der Waals surface area contributed by atoms with E-state index in [0.29, 0.717) is 22.3 Å². The minimum Gasteiger partial charge on any atom is -0.394 e. The molecule has 2 aromatic carbocycles. The van der Waals surface area contributed by atoms with Crippen LogP contribution in [0.25, 0.3) is 0 Å². The zero-order valence-electron chi connectivity index (χ0n) is 21.1. The number of nitrogens with one attached hydrogen (secondary N) is 1. The SMILES string of the molecule is Cc1cc(C)c(C(=O)P(=O)(CC(=O)NC(CO)(CO)CO)C(=O)c2c(C)cc(C)cc2C)c(C)c1. The van der Waals surface area contributed by atoms with Crippen molar-refractivity contribution in [2.45, 2.75) is 47.1 Å². The van der Waals surface area contributed by atoms with Gasteiger partial charge in [0.25, 0.3) is 0 Å². The molecular formula is C26H34NO7P. The zero-order valence-corrected chi connectivity index (χ0v) is 22.0. The lowest BCUT2D eigenvalue weighted by Gasteiger charge is -2.29. The first-order valence-corrected chi connectivity index (χ1v) is 13.1. The summed E-state index contributed by atoms with van der Waals surface area (Å²) in [6.45, 7) is 8.02. The van der Waals surface area contributed by atoms with Gasteiger partial charge < -0.3 is 25.2 Å². The summed E-state index contributed by atoms with van der Waals surface area (Å²) in [5.41, 5.74) is 0.535. The average Bonchev–Trinajstić information content (AvgIpc) is 2.75. The summed E-state index contributed by atoms with van der Waals surface area (Å²) < 4.78 is 14.4. The van der Waals surface area contributed by atoms with Crippen LogP contribution in [0.15, 0.2) is 24.3 Å². The Morgan fingerprint density at radius 2 is 1.03 bits per heavy atom. The normalized spacial score (nSPS) is 11.9. The predicted octanol–water partition coefficient (Wildman–Crippen LogP) is 2.71. The average molecular weight is 504 g/mol. The summed E-state index contributed by atoms with van der Waals surface area (Å²) in [6, 6.07) is 6.97. The molecular weight excluding hydrogens is 469 g/mol. The van der Waals surface area contributed by atoms with Crippen molar-refractivity contribution in [3.63, 3.8) is 0 Å². The van der Waals surface area contributed by atoms with Gasteiger partial charge in [-0.3, -0.25) is 14.4 Å². The van der Waals surface area contributed by atoms with Crippen molar-refractivity contribution in [1.82, 2.24) is 5.32 Å². The van der Waals surface area contributed by atoms with Gasteiger partial charge in [-0.05, 0) is 63.8 Å². The molecule has 0 aromatic heterocycles. The van der Waals surface area contributed by atoms with E-state index >= 15 is 0 Å². The molecule has 190 valence electrons. The molecule has 0 spiro atoms. The summed E-state index contributed by atoms with van der Waals surface area (Å²) in [6.07, 6.45) is -0.966. The first kappa shape index (κ1) is 28.6. The third-order valence-electron chi connectivity index (χ3n) is 6.12. The van der Waals surface area contributed by atoms with E-state index in [0.717, 1.165) is 11.1 Å². The molecule has 0 fully saturated rings. The molecule has 0 radical (unpaired) electrons. The van der Waals surface area contributed by atoms with Crippen molar-refractivity contribution < 1.29 is 34.3 Å². The standard InChI is InChI=1S/C26H34NO7P/c1-15-7-17(3)22(18(4)8-15)24(32)35(34,11-21(31)27-26(12-28,13-29)14-30)25(33)23-19(5)9-16(2)10-20(23)6/h7-10,28-30H,11-14H2,1-6H3,(H,27,31). The van der Waals surface area contributed by atoms with Gasteiger partial charge in [-0.1, -0.05) is 35.4 Å². The van der Waals surface area contributed by atoms with Gasteiger partial charge in [0, 0.05) is 11.1 Å². The van der Waals surface area contributed by atoms with E-state index in [9.17, 15) is 34.3 Å². The van der Waals surface area contributed by atoms with Crippen LogP contribution in [0.5, 0.6) is 0 Å². The monoisotopic (exact) mass is 503 g/mol. The maximum absolute atomic E-state index is 14.4. The van der Waals surface area contributed by atoms with Gasteiger partial charge in [0.05, 0.1) is 26.0 Å². The van der Waals surface area contributed by atoms with E-state index in [1.807, 2.05) is 13.8 Å². The fraction of sp³-hybridized carbons (Fsp3) is 0.423. The van der Waals surface area contributed by atoms with Crippen LogP contribution in [0.4, 0.5) is 0 Å². The van der Waals surface area contributed by atoms with Gasteiger partial charge in [-0.2, -0.15) is 0 Å². The number of hydrogen-bond donors (Lipinski definition) is 4. The molecule has 0 saturated heterocycles. The highest BCUT2D eigenvalue weighted by Crippen LogP contribution is 2.53. The molecule has 0 aliphatic carbocycles. The number of aliphatic hydroxyl groups excluding tert-OH is 3. The van der Waals surface area contributed by atoms with Gasteiger partial charge >= 0.3 is 0 Å². The third kappa shape index (κ3) is 5.78. The highest BCUT2D eigenvalue weighted by atomic mass is 31.2. The van der Waals surface area contributed by atoms with E-state index in [4.69, 9.17) is 0 Å². The van der Waals surface area contributed by atoms with Crippen molar-refractivity contribution in [2.75, 3.05) is 26.0 Å². The Balaban J connectivity index is 2.69. The van der Waals surface area contributed by atoms with E-state index < -0.39 is 55.6 Å². The van der Waals surface area contributed by atoms with E-state index in [1.54, 1.807) is 52.0 Å². The second-order valence-electron chi connectivity index (χ2n) is 9.36. The molecule has 0 aliphatic rings. The molecule has 0 aliphatic heterocycles. The molecule has 35 heavy (non-hydrogen) atoms. The van der Waals surface area contributed by atoms with Crippen LogP contribution in [0.1, 0.15) is 54.1 Å². The molecule has 0 saturated carbocycles. The van der Waals surface area contributed by atoms with E-state index in [2.05, 4.69) is 5.32 Å². The summed E-state index contributed by atoms with van der Waals surface area (Å²) in [7, 11) is -4.59. The lowest BCUT2D eigenvalue weighted by atomic mass is 10.0. The molecule has 0 unspecified atom stereocenters. The molecule has 0 heterocycles. The van der Waals surface area contributed by atoms with Crippen molar-refractivity contribution in [3.05, 3.63) is 68.8 Å². The summed E-state index contributed by atoms with van der Waals surface area (Å²) >= 11 is 0. The Kier molecular flexibility index (Phi) is 8.95. The summed E-state index contributed by atoms with van der Waals surface area (Å²) in [4.78, 5) is 40.6. The smallest absolute Gasteiger partial charge is 0.230 e. The number of hydrogen-bond acceptors (Lipinski definition) is 7. The molecule has 2 rings (SSSR count). The van der Waals surface area contributed by atoms with Gasteiger partial charge in [0.15, 0.2) is 0 Å². The summed E-state index contributed by atoms with van der Waals surface area (Å²) in [5, 5.41) is 30.9. The quantitative estimate of drug-likeness (QED) is 0.365. The molecule has 9 heteroatoms. The van der Waals surface area contributed by atoms with Crippen LogP contribution in [-0.4, -0.2) is 63.8 Å². The first-order chi connectivity index (χ1) is 16.2. The largest absolute Gasteiger partial charge is 0.394 e. The zero-order chi connectivity index (χ0) is 26.7. The number of rotatable bonds is 10. The van der Waals surface area contributed by atoms with Crippen LogP contribution in [0, 0.1) is 41.5 Å². The van der Waals surface area contributed by atoms with Gasteiger partial charge in [0.2, 0.25) is 24.1 Å². The number of benzene rings is 2.